The molecule has 6 nitrogen and oxygen atoms in total. The minimum absolute atomic E-state index is 0.00613. The van der Waals surface area contributed by atoms with Crippen molar-refractivity contribution in [1.82, 2.24) is 15.0 Å². The maximum absolute atomic E-state index is 12.4. The standard InChI is InChI=1S/C16H13Cl2N5O/c1-9-2-5-11(6-3-9)23-15(19)14(21-22-23)16(24)20-13-8-10(17)4-7-12(13)18/h2-8H,19H2,1H3,(H,20,24). The Morgan fingerprint density at radius 1 is 1.17 bits per heavy atom. The van der Waals surface area contributed by atoms with Gasteiger partial charge in [0.2, 0.25) is 0 Å². The van der Waals surface area contributed by atoms with E-state index in [-0.39, 0.29) is 11.5 Å². The number of nitrogens with two attached hydrogens (primary N) is 1. The molecular formula is C16H13Cl2N5O. The Morgan fingerprint density at radius 2 is 1.88 bits per heavy atom. The summed E-state index contributed by atoms with van der Waals surface area (Å²) in [6.07, 6.45) is 0. The highest BCUT2D eigenvalue weighted by Gasteiger charge is 2.19. The number of aryl methyl sites for hydroxylation is 1. The number of benzene rings is 2. The van der Waals surface area contributed by atoms with E-state index in [1.807, 2.05) is 31.2 Å². The molecule has 1 amide bonds. The largest absolute Gasteiger partial charge is 0.382 e. The third-order valence-electron chi connectivity index (χ3n) is 3.38. The second kappa shape index (κ2) is 6.51. The molecule has 0 saturated heterocycles. The molecule has 3 N–H and O–H groups in total. The molecule has 8 heteroatoms. The molecule has 0 atom stereocenters. The number of anilines is 2. The summed E-state index contributed by atoms with van der Waals surface area (Å²) < 4.78 is 1.40. The lowest BCUT2D eigenvalue weighted by atomic mass is 10.2. The lowest BCUT2D eigenvalue weighted by Gasteiger charge is -2.07. The molecule has 122 valence electrons. The minimum atomic E-state index is -0.518. The average molecular weight is 362 g/mol. The number of amides is 1. The number of aromatic nitrogens is 3. The van der Waals surface area contributed by atoms with E-state index in [9.17, 15) is 4.79 Å². The number of hydrogen-bond donors (Lipinski definition) is 2. The number of nitrogens with one attached hydrogen (secondary N) is 1. The van der Waals surface area contributed by atoms with Gasteiger partial charge in [0, 0.05) is 5.02 Å². The van der Waals surface area contributed by atoms with Crippen LogP contribution in [-0.2, 0) is 0 Å². The first-order valence-corrected chi connectivity index (χ1v) is 7.76. The van der Waals surface area contributed by atoms with Crippen molar-refractivity contribution in [2.45, 2.75) is 6.92 Å². The van der Waals surface area contributed by atoms with Gasteiger partial charge < -0.3 is 11.1 Å². The zero-order valence-electron chi connectivity index (χ0n) is 12.6. The van der Waals surface area contributed by atoms with Gasteiger partial charge in [-0.25, -0.2) is 0 Å². The molecule has 0 spiro atoms. The van der Waals surface area contributed by atoms with E-state index < -0.39 is 5.91 Å². The molecule has 0 bridgehead atoms. The lowest BCUT2D eigenvalue weighted by Crippen LogP contribution is -2.15. The molecule has 0 aliphatic rings. The molecule has 24 heavy (non-hydrogen) atoms. The van der Waals surface area contributed by atoms with Gasteiger partial charge in [0.1, 0.15) is 0 Å². The van der Waals surface area contributed by atoms with Gasteiger partial charge in [-0.2, -0.15) is 4.68 Å². The van der Waals surface area contributed by atoms with Crippen LogP contribution in [0.4, 0.5) is 11.5 Å². The summed E-state index contributed by atoms with van der Waals surface area (Å²) in [6.45, 7) is 1.97. The van der Waals surface area contributed by atoms with Crippen molar-refractivity contribution >= 4 is 40.6 Å². The lowest BCUT2D eigenvalue weighted by molar-refractivity contribution is 0.102. The fourth-order valence-corrected chi connectivity index (χ4v) is 2.44. The van der Waals surface area contributed by atoms with Crippen molar-refractivity contribution in [3.8, 4) is 5.69 Å². The van der Waals surface area contributed by atoms with Gasteiger partial charge in [-0.15, -0.1) is 5.10 Å². The highest BCUT2D eigenvalue weighted by molar-refractivity contribution is 6.35. The Bertz CT molecular complexity index is 905. The Kier molecular flexibility index (Phi) is 4.42. The maximum atomic E-state index is 12.4. The summed E-state index contributed by atoms with van der Waals surface area (Å²) in [7, 11) is 0. The minimum Gasteiger partial charge on any atom is -0.382 e. The Morgan fingerprint density at radius 3 is 2.58 bits per heavy atom. The van der Waals surface area contributed by atoms with Crippen molar-refractivity contribution in [3.05, 3.63) is 63.8 Å². The van der Waals surface area contributed by atoms with E-state index in [0.29, 0.717) is 21.4 Å². The van der Waals surface area contributed by atoms with Gasteiger partial charge in [-0.1, -0.05) is 46.1 Å². The molecule has 0 saturated carbocycles. The maximum Gasteiger partial charge on any atom is 0.280 e. The van der Waals surface area contributed by atoms with Gasteiger partial charge in [-0.05, 0) is 37.3 Å². The van der Waals surface area contributed by atoms with Crippen molar-refractivity contribution < 1.29 is 4.79 Å². The van der Waals surface area contributed by atoms with Crippen molar-refractivity contribution in [1.29, 1.82) is 0 Å². The van der Waals surface area contributed by atoms with Crippen LogP contribution < -0.4 is 11.1 Å². The predicted molar refractivity (Wildman–Crippen MR) is 94.9 cm³/mol. The number of nitrogen functional groups attached to an aromatic ring is 1. The van der Waals surface area contributed by atoms with Gasteiger partial charge in [-0.3, -0.25) is 4.79 Å². The number of carbonyl (C=O) groups is 1. The van der Waals surface area contributed by atoms with E-state index in [1.165, 1.54) is 4.68 Å². The SMILES string of the molecule is Cc1ccc(-n2nnc(C(=O)Nc3cc(Cl)ccc3Cl)c2N)cc1. The van der Waals surface area contributed by atoms with Gasteiger partial charge in [0.25, 0.3) is 5.91 Å². The summed E-state index contributed by atoms with van der Waals surface area (Å²) >= 11 is 11.9. The summed E-state index contributed by atoms with van der Waals surface area (Å²) in [6, 6.07) is 12.3. The van der Waals surface area contributed by atoms with Crippen LogP contribution in [0.15, 0.2) is 42.5 Å². The van der Waals surface area contributed by atoms with Crippen LogP contribution >= 0.6 is 23.2 Å². The molecule has 2 aromatic carbocycles. The first kappa shape index (κ1) is 16.3. The quantitative estimate of drug-likeness (QED) is 0.744. The number of nitrogens with zero attached hydrogens (tertiary/aromatic N) is 3. The zero-order valence-corrected chi connectivity index (χ0v) is 14.1. The molecule has 0 aliphatic carbocycles. The number of hydrogen-bond acceptors (Lipinski definition) is 4. The number of halogens is 2. The van der Waals surface area contributed by atoms with Crippen LogP contribution in [0.25, 0.3) is 5.69 Å². The summed E-state index contributed by atoms with van der Waals surface area (Å²) in [4.78, 5) is 12.4. The van der Waals surface area contributed by atoms with E-state index in [2.05, 4.69) is 15.6 Å². The van der Waals surface area contributed by atoms with E-state index in [4.69, 9.17) is 28.9 Å². The third-order valence-corrected chi connectivity index (χ3v) is 3.94. The molecular weight excluding hydrogens is 349 g/mol. The molecule has 3 aromatic rings. The first-order chi connectivity index (χ1) is 11.5. The number of carbonyl (C=O) groups excluding carboxylic acids is 1. The van der Waals surface area contributed by atoms with Crippen molar-refractivity contribution in [2.75, 3.05) is 11.1 Å². The molecule has 1 aromatic heterocycles. The summed E-state index contributed by atoms with van der Waals surface area (Å²) in [5.41, 5.74) is 8.21. The first-order valence-electron chi connectivity index (χ1n) is 7.00. The molecule has 1 heterocycles. The summed E-state index contributed by atoms with van der Waals surface area (Å²) in [5.74, 6) is -0.385. The van der Waals surface area contributed by atoms with Crippen LogP contribution in [0.2, 0.25) is 10.0 Å². The van der Waals surface area contributed by atoms with Gasteiger partial charge >= 0.3 is 0 Å². The number of rotatable bonds is 3. The van der Waals surface area contributed by atoms with E-state index in [1.54, 1.807) is 18.2 Å². The predicted octanol–water partition coefficient (Wildman–Crippen LogP) is 3.72. The molecule has 0 aliphatic heterocycles. The van der Waals surface area contributed by atoms with Crippen LogP contribution in [-0.4, -0.2) is 20.9 Å². The second-order valence-corrected chi connectivity index (χ2v) is 5.99. The highest BCUT2D eigenvalue weighted by Crippen LogP contribution is 2.26. The Hall–Kier alpha value is -2.57. The monoisotopic (exact) mass is 361 g/mol. The smallest absolute Gasteiger partial charge is 0.280 e. The fourth-order valence-electron chi connectivity index (χ4n) is 2.10. The van der Waals surface area contributed by atoms with Gasteiger partial charge in [0.05, 0.1) is 16.4 Å². The Balaban J connectivity index is 1.89. The topological polar surface area (TPSA) is 85.8 Å². The zero-order chi connectivity index (χ0) is 17.3. The summed E-state index contributed by atoms with van der Waals surface area (Å²) in [5, 5.41) is 11.2. The molecule has 0 fully saturated rings. The van der Waals surface area contributed by atoms with Crippen LogP contribution in [0.1, 0.15) is 16.1 Å². The van der Waals surface area contributed by atoms with Crippen LogP contribution in [0.5, 0.6) is 0 Å². The fraction of sp³-hybridized carbons (Fsp3) is 0.0625. The average Bonchev–Trinajstić information content (AvgIpc) is 2.93. The second-order valence-electron chi connectivity index (χ2n) is 5.15. The molecule has 0 unspecified atom stereocenters. The van der Waals surface area contributed by atoms with Crippen molar-refractivity contribution in [3.63, 3.8) is 0 Å². The van der Waals surface area contributed by atoms with Crippen molar-refractivity contribution in [2.24, 2.45) is 0 Å². The Labute approximate surface area is 148 Å². The van der Waals surface area contributed by atoms with Crippen LogP contribution in [0.3, 0.4) is 0 Å². The van der Waals surface area contributed by atoms with E-state index >= 15 is 0 Å². The van der Waals surface area contributed by atoms with Crippen LogP contribution in [0, 0.1) is 6.92 Å². The third kappa shape index (κ3) is 3.20. The van der Waals surface area contributed by atoms with E-state index in [0.717, 1.165) is 5.56 Å². The van der Waals surface area contributed by atoms with Gasteiger partial charge in [0.15, 0.2) is 11.5 Å². The molecule has 0 radical (unpaired) electrons. The molecule has 3 rings (SSSR count). The highest BCUT2D eigenvalue weighted by atomic mass is 35.5. The normalized spacial score (nSPS) is 10.6.